The number of nitrogens with zero attached hydrogens (tertiary/aromatic N) is 2. The molecule has 174 valence electrons. The van der Waals surface area contributed by atoms with E-state index in [4.69, 9.17) is 14.7 Å². The molecule has 34 heavy (non-hydrogen) atoms. The summed E-state index contributed by atoms with van der Waals surface area (Å²) >= 11 is 0. The fraction of sp³-hybridized carbons (Fsp3) is 0.222. The monoisotopic (exact) mass is 461 g/mol. The first-order valence-electron chi connectivity index (χ1n) is 11.1. The van der Waals surface area contributed by atoms with Gasteiger partial charge in [-0.3, -0.25) is 4.79 Å². The Morgan fingerprint density at radius 3 is 1.97 bits per heavy atom. The van der Waals surface area contributed by atoms with Gasteiger partial charge in [-0.1, -0.05) is 0 Å². The highest BCUT2D eigenvalue weighted by Crippen LogP contribution is 2.31. The van der Waals surface area contributed by atoms with Crippen LogP contribution < -0.4 is 5.32 Å². The highest BCUT2D eigenvalue weighted by atomic mass is 19.1. The fourth-order valence-corrected chi connectivity index (χ4v) is 3.51. The third-order valence-corrected chi connectivity index (χ3v) is 5.22. The van der Waals surface area contributed by atoms with Crippen molar-refractivity contribution in [3.05, 3.63) is 83.9 Å². The quantitative estimate of drug-likeness (QED) is 0.338. The lowest BCUT2D eigenvalue weighted by atomic mass is 10.0. The van der Waals surface area contributed by atoms with Crippen LogP contribution >= 0.6 is 0 Å². The number of rotatable bonds is 8. The van der Waals surface area contributed by atoms with Gasteiger partial charge in [0.25, 0.3) is 5.91 Å². The first kappa shape index (κ1) is 23.4. The van der Waals surface area contributed by atoms with Crippen LogP contribution in [0.4, 0.5) is 8.78 Å². The molecule has 0 bridgehead atoms. The summed E-state index contributed by atoms with van der Waals surface area (Å²) in [6.07, 6.45) is 0.873. The van der Waals surface area contributed by atoms with E-state index in [1.54, 1.807) is 42.5 Å². The minimum Gasteiger partial charge on any atom is -0.379 e. The van der Waals surface area contributed by atoms with Crippen LogP contribution in [0.1, 0.15) is 30.6 Å². The molecule has 0 radical (unpaired) electrons. The van der Waals surface area contributed by atoms with Crippen LogP contribution in [0.5, 0.6) is 0 Å². The van der Waals surface area contributed by atoms with E-state index in [1.807, 2.05) is 13.8 Å². The highest BCUT2D eigenvalue weighted by Gasteiger charge is 2.15. The minimum absolute atomic E-state index is 0.157. The van der Waals surface area contributed by atoms with Crippen LogP contribution in [0.2, 0.25) is 0 Å². The molecule has 0 aliphatic carbocycles. The molecule has 0 unspecified atom stereocenters. The van der Waals surface area contributed by atoms with Crippen molar-refractivity contribution in [1.29, 1.82) is 0 Å². The maximum atomic E-state index is 13.5. The molecular formula is C27H25F2N3O2. The Labute approximate surface area is 196 Å². The predicted octanol–water partition coefficient (Wildman–Crippen LogP) is 5.79. The zero-order valence-corrected chi connectivity index (χ0v) is 19.0. The lowest BCUT2D eigenvalue weighted by Gasteiger charge is -2.12. The molecule has 3 aromatic carbocycles. The van der Waals surface area contributed by atoms with Gasteiger partial charge in [0.2, 0.25) is 0 Å². The Morgan fingerprint density at radius 2 is 1.41 bits per heavy atom. The number of carbonyl (C=O) groups excluding carboxylic acids is 1. The number of benzene rings is 3. The molecule has 0 aliphatic heterocycles. The second-order valence-corrected chi connectivity index (χ2v) is 8.17. The fourth-order valence-electron chi connectivity index (χ4n) is 3.51. The molecule has 0 saturated carbocycles. The molecule has 0 atom stereocenters. The molecule has 0 fully saturated rings. The molecule has 1 aromatic heterocycles. The summed E-state index contributed by atoms with van der Waals surface area (Å²) in [6.45, 7) is 5.01. The van der Waals surface area contributed by atoms with Crippen molar-refractivity contribution in [3.63, 3.8) is 0 Å². The van der Waals surface area contributed by atoms with Gasteiger partial charge in [0.05, 0.1) is 28.5 Å². The first-order valence-corrected chi connectivity index (χ1v) is 11.1. The molecule has 0 saturated heterocycles. The van der Waals surface area contributed by atoms with E-state index in [0.29, 0.717) is 58.7 Å². The van der Waals surface area contributed by atoms with Gasteiger partial charge in [-0.2, -0.15) is 0 Å². The van der Waals surface area contributed by atoms with Crippen LogP contribution in [-0.4, -0.2) is 35.1 Å². The molecule has 5 nitrogen and oxygen atoms in total. The van der Waals surface area contributed by atoms with Crippen molar-refractivity contribution in [2.24, 2.45) is 0 Å². The number of fused-ring (bicyclic) bond motifs is 1. The summed E-state index contributed by atoms with van der Waals surface area (Å²) in [6, 6.07) is 17.0. The number of hydrogen-bond donors (Lipinski definition) is 1. The van der Waals surface area contributed by atoms with Gasteiger partial charge in [0, 0.05) is 29.8 Å². The van der Waals surface area contributed by atoms with Crippen LogP contribution in [0.25, 0.3) is 33.5 Å². The molecule has 1 heterocycles. The third kappa shape index (κ3) is 5.61. The van der Waals surface area contributed by atoms with E-state index in [-0.39, 0.29) is 23.6 Å². The normalized spacial score (nSPS) is 11.2. The van der Waals surface area contributed by atoms with E-state index in [9.17, 15) is 13.6 Å². The highest BCUT2D eigenvalue weighted by molar-refractivity contribution is 5.98. The molecule has 1 N–H and O–H groups in total. The number of halogens is 2. The molecule has 0 aliphatic rings. The lowest BCUT2D eigenvalue weighted by Crippen LogP contribution is -2.25. The number of carbonyl (C=O) groups is 1. The minimum atomic E-state index is -0.362. The largest absolute Gasteiger partial charge is 0.379 e. The summed E-state index contributed by atoms with van der Waals surface area (Å²) in [5.74, 6) is -0.926. The van der Waals surface area contributed by atoms with Gasteiger partial charge in [0.1, 0.15) is 11.6 Å². The second-order valence-electron chi connectivity index (χ2n) is 8.17. The first-order chi connectivity index (χ1) is 16.4. The Morgan fingerprint density at radius 1 is 0.853 bits per heavy atom. The van der Waals surface area contributed by atoms with Gasteiger partial charge >= 0.3 is 0 Å². The Bertz CT molecular complexity index is 1290. The molecule has 0 spiro atoms. The number of amides is 1. The Balaban J connectivity index is 1.67. The third-order valence-electron chi connectivity index (χ3n) is 5.22. The van der Waals surface area contributed by atoms with Crippen molar-refractivity contribution in [2.75, 3.05) is 13.2 Å². The lowest BCUT2D eigenvalue weighted by molar-refractivity contribution is 0.0757. The van der Waals surface area contributed by atoms with Crippen LogP contribution in [0.3, 0.4) is 0 Å². The maximum absolute atomic E-state index is 13.5. The number of nitrogens with one attached hydrogen (secondary N) is 1. The average molecular weight is 462 g/mol. The number of hydrogen-bond acceptors (Lipinski definition) is 4. The molecule has 4 aromatic rings. The van der Waals surface area contributed by atoms with Crippen molar-refractivity contribution in [1.82, 2.24) is 15.3 Å². The predicted molar refractivity (Wildman–Crippen MR) is 128 cm³/mol. The van der Waals surface area contributed by atoms with Gasteiger partial charge in [-0.25, -0.2) is 18.7 Å². The average Bonchev–Trinajstić information content (AvgIpc) is 2.83. The van der Waals surface area contributed by atoms with Gasteiger partial charge < -0.3 is 10.1 Å². The van der Waals surface area contributed by atoms with E-state index in [2.05, 4.69) is 5.32 Å². The summed E-state index contributed by atoms with van der Waals surface area (Å²) < 4.78 is 32.5. The molecule has 7 heteroatoms. The zero-order valence-electron chi connectivity index (χ0n) is 19.0. The van der Waals surface area contributed by atoms with Crippen molar-refractivity contribution in [3.8, 4) is 22.5 Å². The van der Waals surface area contributed by atoms with Gasteiger partial charge in [0.15, 0.2) is 0 Å². The van der Waals surface area contributed by atoms with Gasteiger partial charge in [-0.15, -0.1) is 0 Å². The van der Waals surface area contributed by atoms with Crippen molar-refractivity contribution < 1.29 is 18.3 Å². The summed E-state index contributed by atoms with van der Waals surface area (Å²) in [5.41, 5.74) is 3.99. The van der Waals surface area contributed by atoms with E-state index in [1.165, 1.54) is 24.3 Å². The number of ether oxygens (including phenoxy) is 1. The standard InChI is InChI=1S/C27H25F2N3O2/c1-17(2)34-15-3-14-30-27(33)20-8-13-23-24(16-20)32-26(19-6-11-22(29)12-7-19)25(31-23)18-4-9-21(28)10-5-18/h4-13,16-17H,3,14-15H2,1-2H3,(H,30,33). The molecule has 1 amide bonds. The summed E-state index contributed by atoms with van der Waals surface area (Å²) in [4.78, 5) is 22.1. The maximum Gasteiger partial charge on any atom is 0.251 e. The van der Waals surface area contributed by atoms with E-state index >= 15 is 0 Å². The SMILES string of the molecule is CC(C)OCCCNC(=O)c1ccc2nc(-c3ccc(F)cc3)c(-c3ccc(F)cc3)nc2c1. The molecular weight excluding hydrogens is 436 g/mol. The smallest absolute Gasteiger partial charge is 0.251 e. The van der Waals surface area contributed by atoms with Crippen LogP contribution in [0, 0.1) is 11.6 Å². The van der Waals surface area contributed by atoms with Crippen LogP contribution in [-0.2, 0) is 4.74 Å². The van der Waals surface area contributed by atoms with Crippen molar-refractivity contribution >= 4 is 16.9 Å². The Kier molecular flexibility index (Phi) is 7.23. The second kappa shape index (κ2) is 10.5. The topological polar surface area (TPSA) is 64.1 Å². The van der Waals surface area contributed by atoms with Gasteiger partial charge in [-0.05, 0) is 87.0 Å². The Hall–Kier alpha value is -3.71. The van der Waals surface area contributed by atoms with E-state index < -0.39 is 0 Å². The van der Waals surface area contributed by atoms with Crippen molar-refractivity contribution in [2.45, 2.75) is 26.4 Å². The summed E-state index contributed by atoms with van der Waals surface area (Å²) in [5, 5.41) is 2.89. The zero-order chi connectivity index (χ0) is 24.1. The van der Waals surface area contributed by atoms with E-state index in [0.717, 1.165) is 0 Å². The summed E-state index contributed by atoms with van der Waals surface area (Å²) in [7, 11) is 0. The number of aromatic nitrogens is 2. The molecule has 4 rings (SSSR count). The van der Waals surface area contributed by atoms with Crippen LogP contribution in [0.15, 0.2) is 66.7 Å².